The van der Waals surface area contributed by atoms with Crippen molar-refractivity contribution in [2.75, 3.05) is 0 Å². The summed E-state index contributed by atoms with van der Waals surface area (Å²) >= 11 is 0. The van der Waals surface area contributed by atoms with Crippen LogP contribution < -0.4 is 0 Å². The molecule has 0 bridgehead atoms. The summed E-state index contributed by atoms with van der Waals surface area (Å²) in [4.78, 5) is 51.5. The molecular formula is C20H15NO5. The number of nitrogens with zero attached hydrogens (tertiary/aromatic N) is 1. The first-order valence-corrected chi connectivity index (χ1v) is 8.00. The molecule has 0 aromatic heterocycles. The summed E-state index contributed by atoms with van der Waals surface area (Å²) < 4.78 is 0. The first-order chi connectivity index (χ1) is 12.5. The molecule has 2 amide bonds. The highest BCUT2D eigenvalue weighted by atomic mass is 16.7. The lowest BCUT2D eigenvalue weighted by molar-refractivity contribution is -0.193. The van der Waals surface area contributed by atoms with E-state index >= 15 is 0 Å². The molecule has 0 N–H and O–H groups in total. The van der Waals surface area contributed by atoms with E-state index in [-0.39, 0.29) is 18.6 Å². The SMILES string of the molecule is O=C(/C=C/c1ccc(C(=O)c2ccccc2)cc1)ON1C(=O)CCC1=O. The normalized spacial score (nSPS) is 14.1. The van der Waals surface area contributed by atoms with Crippen LogP contribution in [0.4, 0.5) is 0 Å². The van der Waals surface area contributed by atoms with E-state index in [2.05, 4.69) is 0 Å². The van der Waals surface area contributed by atoms with E-state index in [0.29, 0.717) is 21.8 Å². The van der Waals surface area contributed by atoms with Gasteiger partial charge in [0.25, 0.3) is 11.8 Å². The maximum atomic E-state index is 12.3. The summed E-state index contributed by atoms with van der Waals surface area (Å²) in [6.45, 7) is 0. The van der Waals surface area contributed by atoms with Gasteiger partial charge in [0.1, 0.15) is 0 Å². The van der Waals surface area contributed by atoms with Crippen molar-refractivity contribution in [1.82, 2.24) is 5.06 Å². The number of rotatable bonds is 5. The number of benzene rings is 2. The third-order valence-corrected chi connectivity index (χ3v) is 3.81. The van der Waals surface area contributed by atoms with Gasteiger partial charge < -0.3 is 4.84 Å². The van der Waals surface area contributed by atoms with Crippen LogP contribution in [0.2, 0.25) is 0 Å². The van der Waals surface area contributed by atoms with Gasteiger partial charge in [0.2, 0.25) is 0 Å². The zero-order chi connectivity index (χ0) is 18.5. The molecule has 0 spiro atoms. The molecule has 0 unspecified atom stereocenters. The molecule has 2 aromatic carbocycles. The van der Waals surface area contributed by atoms with Crippen LogP contribution in [-0.2, 0) is 19.2 Å². The summed E-state index contributed by atoms with van der Waals surface area (Å²) in [6.07, 6.45) is 2.69. The van der Waals surface area contributed by atoms with Crippen molar-refractivity contribution in [2.45, 2.75) is 12.8 Å². The largest absolute Gasteiger partial charge is 0.356 e. The van der Waals surface area contributed by atoms with Crippen molar-refractivity contribution in [2.24, 2.45) is 0 Å². The van der Waals surface area contributed by atoms with Crippen LogP contribution in [0.1, 0.15) is 34.3 Å². The Hall–Kier alpha value is -3.54. The van der Waals surface area contributed by atoms with Gasteiger partial charge in [-0.3, -0.25) is 14.4 Å². The number of hydrogen-bond donors (Lipinski definition) is 0. The lowest BCUT2D eigenvalue weighted by atomic mass is 10.0. The molecular weight excluding hydrogens is 334 g/mol. The number of ketones is 1. The molecule has 6 nitrogen and oxygen atoms in total. The standard InChI is InChI=1S/C20H15NO5/c22-17-11-12-18(23)21(17)26-19(24)13-8-14-6-9-16(10-7-14)20(25)15-4-2-1-3-5-15/h1-10,13H,11-12H2/b13-8+. The second-order valence-corrected chi connectivity index (χ2v) is 5.64. The van der Waals surface area contributed by atoms with Crippen molar-refractivity contribution in [1.29, 1.82) is 0 Å². The number of amides is 2. The van der Waals surface area contributed by atoms with Gasteiger partial charge in [-0.05, 0) is 11.6 Å². The van der Waals surface area contributed by atoms with Crippen LogP contribution in [0.15, 0.2) is 60.7 Å². The lowest BCUT2D eigenvalue weighted by Crippen LogP contribution is -2.31. The summed E-state index contributed by atoms with van der Waals surface area (Å²) in [5, 5.41) is 0.494. The second kappa shape index (κ2) is 7.57. The fraction of sp³-hybridized carbons (Fsp3) is 0.100. The molecule has 0 atom stereocenters. The fourth-order valence-corrected chi connectivity index (χ4v) is 2.44. The molecule has 130 valence electrons. The zero-order valence-electron chi connectivity index (χ0n) is 13.8. The molecule has 0 saturated carbocycles. The minimum Gasteiger partial charge on any atom is -0.326 e. The monoisotopic (exact) mass is 349 g/mol. The Morgan fingerprint density at radius 3 is 2.04 bits per heavy atom. The van der Waals surface area contributed by atoms with Crippen molar-refractivity contribution < 1.29 is 24.0 Å². The number of carbonyl (C=O) groups excluding carboxylic acids is 4. The van der Waals surface area contributed by atoms with Crippen LogP contribution in [-0.4, -0.2) is 28.6 Å². The maximum absolute atomic E-state index is 12.3. The predicted octanol–water partition coefficient (Wildman–Crippen LogP) is 2.54. The Labute approximate surface area is 149 Å². The average Bonchev–Trinajstić information content (AvgIpc) is 2.99. The number of hydrogen-bond acceptors (Lipinski definition) is 5. The van der Waals surface area contributed by atoms with E-state index < -0.39 is 17.8 Å². The quantitative estimate of drug-likeness (QED) is 0.471. The molecule has 3 rings (SSSR count). The first kappa shape index (κ1) is 17.3. The number of carbonyl (C=O) groups is 4. The molecule has 1 aliphatic rings. The zero-order valence-corrected chi connectivity index (χ0v) is 13.8. The van der Waals surface area contributed by atoms with Gasteiger partial charge in [0.15, 0.2) is 5.78 Å². The van der Waals surface area contributed by atoms with E-state index in [4.69, 9.17) is 4.84 Å². The highest BCUT2D eigenvalue weighted by molar-refractivity contribution is 6.09. The van der Waals surface area contributed by atoms with Gasteiger partial charge >= 0.3 is 5.97 Å². The van der Waals surface area contributed by atoms with Crippen LogP contribution >= 0.6 is 0 Å². The highest BCUT2D eigenvalue weighted by Crippen LogP contribution is 2.14. The Kier molecular flexibility index (Phi) is 5.03. The van der Waals surface area contributed by atoms with Gasteiger partial charge in [-0.1, -0.05) is 54.6 Å². The smallest absolute Gasteiger partial charge is 0.326 e. The second-order valence-electron chi connectivity index (χ2n) is 5.64. The van der Waals surface area contributed by atoms with E-state index in [1.165, 1.54) is 6.08 Å². The van der Waals surface area contributed by atoms with Gasteiger partial charge in [-0.2, -0.15) is 0 Å². The summed E-state index contributed by atoms with van der Waals surface area (Å²) in [7, 11) is 0. The minimum atomic E-state index is -0.821. The fourth-order valence-electron chi connectivity index (χ4n) is 2.44. The van der Waals surface area contributed by atoms with Crippen molar-refractivity contribution in [3.05, 3.63) is 77.4 Å². The maximum Gasteiger partial charge on any atom is 0.356 e. The summed E-state index contributed by atoms with van der Waals surface area (Å²) in [6, 6.07) is 15.6. The van der Waals surface area contributed by atoms with E-state index in [9.17, 15) is 19.2 Å². The molecule has 6 heteroatoms. The van der Waals surface area contributed by atoms with Crippen LogP contribution in [0, 0.1) is 0 Å². The number of imide groups is 1. The molecule has 2 aromatic rings. The van der Waals surface area contributed by atoms with Crippen molar-refractivity contribution in [3.8, 4) is 0 Å². The van der Waals surface area contributed by atoms with Crippen LogP contribution in [0.3, 0.4) is 0 Å². The van der Waals surface area contributed by atoms with Crippen LogP contribution in [0.25, 0.3) is 6.08 Å². The molecule has 1 saturated heterocycles. The van der Waals surface area contributed by atoms with Crippen molar-refractivity contribution >= 4 is 29.6 Å². The Balaban J connectivity index is 1.63. The number of hydroxylamine groups is 2. The summed E-state index contributed by atoms with van der Waals surface area (Å²) in [5.41, 5.74) is 1.80. The molecule has 1 aliphatic heterocycles. The highest BCUT2D eigenvalue weighted by Gasteiger charge is 2.32. The average molecular weight is 349 g/mol. The Morgan fingerprint density at radius 1 is 0.846 bits per heavy atom. The van der Waals surface area contributed by atoms with E-state index in [0.717, 1.165) is 6.08 Å². The minimum absolute atomic E-state index is 0.0483. The third kappa shape index (κ3) is 3.92. The van der Waals surface area contributed by atoms with Crippen LogP contribution in [0.5, 0.6) is 0 Å². The third-order valence-electron chi connectivity index (χ3n) is 3.81. The molecule has 26 heavy (non-hydrogen) atoms. The van der Waals surface area contributed by atoms with Gasteiger partial charge in [0.05, 0.1) is 0 Å². The van der Waals surface area contributed by atoms with Gasteiger partial charge in [-0.15, -0.1) is 5.06 Å². The van der Waals surface area contributed by atoms with E-state index in [1.807, 2.05) is 6.07 Å². The van der Waals surface area contributed by atoms with Gasteiger partial charge in [-0.25, -0.2) is 4.79 Å². The lowest BCUT2D eigenvalue weighted by Gasteiger charge is -2.10. The predicted molar refractivity (Wildman–Crippen MR) is 92.5 cm³/mol. The molecule has 0 aliphatic carbocycles. The Morgan fingerprint density at radius 2 is 1.42 bits per heavy atom. The van der Waals surface area contributed by atoms with E-state index in [1.54, 1.807) is 48.5 Å². The Bertz CT molecular complexity index is 868. The van der Waals surface area contributed by atoms with Gasteiger partial charge in [0, 0.05) is 30.0 Å². The topological polar surface area (TPSA) is 80.8 Å². The molecule has 0 radical (unpaired) electrons. The summed E-state index contributed by atoms with van der Waals surface area (Å²) in [5.74, 6) is -1.97. The first-order valence-electron chi connectivity index (χ1n) is 8.00. The molecule has 1 heterocycles. The molecule has 1 fully saturated rings. The van der Waals surface area contributed by atoms with Crippen molar-refractivity contribution in [3.63, 3.8) is 0 Å².